The summed E-state index contributed by atoms with van der Waals surface area (Å²) < 4.78 is 0. The summed E-state index contributed by atoms with van der Waals surface area (Å²) in [6, 6.07) is 8.91. The van der Waals surface area contributed by atoms with Crippen LogP contribution in [0.25, 0.3) is 0 Å². The first-order chi connectivity index (χ1) is 13.7. The molecule has 0 aliphatic carbocycles. The molecular formula is C24H38N2O2. The maximum atomic E-state index is 13.0. The summed E-state index contributed by atoms with van der Waals surface area (Å²) in [4.78, 5) is 27.8. The van der Waals surface area contributed by atoms with Gasteiger partial charge in [-0.2, -0.15) is 0 Å². The van der Waals surface area contributed by atoms with Crippen LogP contribution in [0.2, 0.25) is 0 Å². The third kappa shape index (κ3) is 8.55. The molecule has 4 nitrogen and oxygen atoms in total. The Balaban J connectivity index is 1.82. The van der Waals surface area contributed by atoms with E-state index in [4.69, 9.17) is 0 Å². The van der Waals surface area contributed by atoms with Crippen LogP contribution < -0.4 is 5.32 Å². The normalized spacial score (nSPS) is 15.9. The lowest BCUT2D eigenvalue weighted by Crippen LogP contribution is -2.49. The Kier molecular flexibility index (Phi) is 10.9. The van der Waals surface area contributed by atoms with Crippen molar-refractivity contribution in [1.29, 1.82) is 0 Å². The maximum Gasteiger partial charge on any atom is 0.220 e. The van der Waals surface area contributed by atoms with E-state index in [0.717, 1.165) is 25.9 Å². The van der Waals surface area contributed by atoms with Crippen LogP contribution in [0.1, 0.15) is 87.9 Å². The van der Waals surface area contributed by atoms with E-state index in [9.17, 15) is 9.59 Å². The Morgan fingerprint density at radius 3 is 2.25 bits per heavy atom. The highest BCUT2D eigenvalue weighted by Gasteiger charge is 2.25. The molecule has 156 valence electrons. The molecule has 1 fully saturated rings. The van der Waals surface area contributed by atoms with E-state index in [-0.39, 0.29) is 11.7 Å². The second kappa shape index (κ2) is 13.5. The molecule has 0 aromatic heterocycles. The number of amides is 1. The lowest BCUT2D eigenvalue weighted by atomic mass is 10.0. The highest BCUT2D eigenvalue weighted by molar-refractivity contribution is 6.02. The summed E-state index contributed by atoms with van der Waals surface area (Å²) in [5.74, 6) is 0.0407. The lowest BCUT2D eigenvalue weighted by Gasteiger charge is -2.30. The molecule has 0 bridgehead atoms. The number of carbonyl (C=O) groups excluding carboxylic acids is 2. The van der Waals surface area contributed by atoms with Gasteiger partial charge in [-0.05, 0) is 32.4 Å². The third-order valence-electron chi connectivity index (χ3n) is 5.61. The first-order valence-corrected chi connectivity index (χ1v) is 11.3. The molecule has 1 atom stereocenters. The number of hydrogen-bond donors (Lipinski definition) is 1. The number of piperidine rings is 1. The van der Waals surface area contributed by atoms with E-state index < -0.39 is 6.04 Å². The molecule has 1 heterocycles. The maximum absolute atomic E-state index is 13.0. The van der Waals surface area contributed by atoms with Gasteiger partial charge in [-0.25, -0.2) is 0 Å². The quantitative estimate of drug-likeness (QED) is 0.384. The zero-order chi connectivity index (χ0) is 20.0. The molecule has 28 heavy (non-hydrogen) atoms. The van der Waals surface area contributed by atoms with Crippen molar-refractivity contribution in [3.63, 3.8) is 0 Å². The molecule has 0 spiro atoms. The Labute approximate surface area is 171 Å². The minimum Gasteiger partial charge on any atom is -0.345 e. The van der Waals surface area contributed by atoms with E-state index in [1.165, 1.54) is 51.4 Å². The van der Waals surface area contributed by atoms with Gasteiger partial charge >= 0.3 is 0 Å². The van der Waals surface area contributed by atoms with E-state index >= 15 is 0 Å². The molecule has 4 heteroatoms. The number of hydrogen-bond acceptors (Lipinski definition) is 3. The van der Waals surface area contributed by atoms with Crippen molar-refractivity contribution in [2.24, 2.45) is 0 Å². The summed E-state index contributed by atoms with van der Waals surface area (Å²) in [6.07, 6.45) is 12.5. The zero-order valence-electron chi connectivity index (χ0n) is 17.6. The predicted octanol–water partition coefficient (Wildman–Crippen LogP) is 4.98. The number of ketones is 1. The molecule has 2 rings (SSSR count). The largest absolute Gasteiger partial charge is 0.345 e. The van der Waals surface area contributed by atoms with Crippen LogP contribution in [-0.2, 0) is 4.79 Å². The van der Waals surface area contributed by atoms with Crippen molar-refractivity contribution in [2.45, 2.75) is 83.6 Å². The van der Waals surface area contributed by atoms with Crippen molar-refractivity contribution >= 4 is 11.7 Å². The molecule has 0 saturated carbocycles. The number of carbonyl (C=O) groups is 2. The fraction of sp³-hybridized carbons (Fsp3) is 0.667. The molecule has 0 radical (unpaired) electrons. The summed E-state index contributed by atoms with van der Waals surface area (Å²) in [5.41, 5.74) is 0.681. The smallest absolute Gasteiger partial charge is 0.220 e. The van der Waals surface area contributed by atoms with Gasteiger partial charge in [-0.3, -0.25) is 9.59 Å². The Hall–Kier alpha value is -1.68. The van der Waals surface area contributed by atoms with Crippen LogP contribution in [0.4, 0.5) is 0 Å². The summed E-state index contributed by atoms with van der Waals surface area (Å²) in [7, 11) is 0. The van der Waals surface area contributed by atoms with Gasteiger partial charge in [-0.15, -0.1) is 0 Å². The van der Waals surface area contributed by atoms with Crippen LogP contribution in [0.5, 0.6) is 0 Å². The van der Waals surface area contributed by atoms with Crippen molar-refractivity contribution in [2.75, 3.05) is 19.6 Å². The highest BCUT2D eigenvalue weighted by Crippen LogP contribution is 2.12. The minimum atomic E-state index is -0.447. The summed E-state index contributed by atoms with van der Waals surface area (Å²) >= 11 is 0. The Bertz CT molecular complexity index is 567. The molecule has 1 aromatic carbocycles. The summed E-state index contributed by atoms with van der Waals surface area (Å²) in [5, 5.41) is 3.04. The van der Waals surface area contributed by atoms with Crippen molar-refractivity contribution in [3.8, 4) is 0 Å². The highest BCUT2D eigenvalue weighted by atomic mass is 16.2. The van der Waals surface area contributed by atoms with Crippen molar-refractivity contribution in [1.82, 2.24) is 10.2 Å². The van der Waals surface area contributed by atoms with Gasteiger partial charge in [0.05, 0.1) is 0 Å². The molecule has 1 aliphatic rings. The van der Waals surface area contributed by atoms with Gasteiger partial charge in [0, 0.05) is 18.5 Å². The van der Waals surface area contributed by atoms with Crippen LogP contribution in [0, 0.1) is 0 Å². The average Bonchev–Trinajstić information content (AvgIpc) is 2.73. The van der Waals surface area contributed by atoms with Crippen LogP contribution in [-0.4, -0.2) is 42.3 Å². The SMILES string of the molecule is CCCCCCCCCC(=O)NC(CN1CCCCC1)C(=O)c1ccccc1. The fourth-order valence-electron chi connectivity index (χ4n) is 3.91. The number of nitrogens with zero attached hydrogens (tertiary/aromatic N) is 1. The lowest BCUT2D eigenvalue weighted by molar-refractivity contribution is -0.121. The number of nitrogens with one attached hydrogen (secondary N) is 1. The Morgan fingerprint density at radius 1 is 0.929 bits per heavy atom. The second-order valence-electron chi connectivity index (χ2n) is 8.08. The van der Waals surface area contributed by atoms with Gasteiger partial charge in [0.25, 0.3) is 0 Å². The Morgan fingerprint density at radius 2 is 1.57 bits per heavy atom. The fourth-order valence-corrected chi connectivity index (χ4v) is 3.91. The van der Waals surface area contributed by atoms with Gasteiger partial charge in [0.1, 0.15) is 6.04 Å². The van der Waals surface area contributed by atoms with Crippen LogP contribution in [0.15, 0.2) is 30.3 Å². The number of Topliss-reactive ketones (excluding diaryl/α,β-unsaturated/α-hetero) is 1. The number of benzene rings is 1. The van der Waals surface area contributed by atoms with Crippen molar-refractivity contribution in [3.05, 3.63) is 35.9 Å². The van der Waals surface area contributed by atoms with E-state index in [0.29, 0.717) is 18.5 Å². The summed E-state index contributed by atoms with van der Waals surface area (Å²) in [6.45, 7) is 4.89. The molecule has 1 saturated heterocycles. The topological polar surface area (TPSA) is 49.4 Å². The standard InChI is InChI=1S/C24H38N2O2/c1-2-3-4-5-6-7-12-17-23(27)25-22(20-26-18-13-9-14-19-26)24(28)21-15-10-8-11-16-21/h8,10-11,15-16,22H,2-7,9,12-14,17-20H2,1H3,(H,25,27). The first-order valence-electron chi connectivity index (χ1n) is 11.3. The van der Waals surface area contributed by atoms with Crippen LogP contribution in [0.3, 0.4) is 0 Å². The van der Waals surface area contributed by atoms with E-state index in [1.807, 2.05) is 30.3 Å². The van der Waals surface area contributed by atoms with Gasteiger partial charge < -0.3 is 10.2 Å². The van der Waals surface area contributed by atoms with E-state index in [2.05, 4.69) is 17.1 Å². The molecule has 1 aromatic rings. The number of unbranched alkanes of at least 4 members (excludes halogenated alkanes) is 6. The van der Waals surface area contributed by atoms with Crippen LogP contribution >= 0.6 is 0 Å². The zero-order valence-corrected chi connectivity index (χ0v) is 17.6. The molecular weight excluding hydrogens is 348 g/mol. The molecule has 1 N–H and O–H groups in total. The van der Waals surface area contributed by atoms with Gasteiger partial charge in [-0.1, -0.05) is 82.2 Å². The number of rotatable bonds is 13. The van der Waals surface area contributed by atoms with E-state index in [1.54, 1.807) is 0 Å². The predicted molar refractivity (Wildman–Crippen MR) is 116 cm³/mol. The molecule has 1 amide bonds. The molecule has 1 aliphatic heterocycles. The molecule has 1 unspecified atom stereocenters. The monoisotopic (exact) mass is 386 g/mol. The first kappa shape index (κ1) is 22.6. The second-order valence-corrected chi connectivity index (χ2v) is 8.08. The number of likely N-dealkylation sites (tertiary alicyclic amines) is 1. The third-order valence-corrected chi connectivity index (χ3v) is 5.61. The van der Waals surface area contributed by atoms with Crippen molar-refractivity contribution < 1.29 is 9.59 Å². The minimum absolute atomic E-state index is 0.0137. The van der Waals surface area contributed by atoms with Gasteiger partial charge in [0.15, 0.2) is 5.78 Å². The average molecular weight is 387 g/mol. The van der Waals surface area contributed by atoms with Gasteiger partial charge in [0.2, 0.25) is 5.91 Å².